The van der Waals surface area contributed by atoms with Gasteiger partial charge in [-0.25, -0.2) is 9.97 Å². The number of nitrogens with zero attached hydrogens (tertiary/aromatic N) is 4. The zero-order valence-corrected chi connectivity index (χ0v) is 21.2. The number of thiophene rings is 1. The van der Waals surface area contributed by atoms with Gasteiger partial charge in [0.25, 0.3) is 0 Å². The fraction of sp³-hybridized carbons (Fsp3) is 0.680. The van der Waals surface area contributed by atoms with Crippen LogP contribution in [0.4, 0.5) is 5.82 Å². The number of fused-ring (bicyclic) bond motifs is 3. The molecule has 7 nitrogen and oxygen atoms in total. The lowest BCUT2D eigenvalue weighted by atomic mass is 9.89. The van der Waals surface area contributed by atoms with Gasteiger partial charge in [0.2, 0.25) is 5.91 Å². The van der Waals surface area contributed by atoms with Gasteiger partial charge in [-0.05, 0) is 43.6 Å². The molecule has 180 valence electrons. The average molecular weight is 473 g/mol. The van der Waals surface area contributed by atoms with E-state index in [1.807, 2.05) is 16.2 Å². The summed E-state index contributed by atoms with van der Waals surface area (Å²) >= 11 is 1.86. The minimum Gasteiger partial charge on any atom is -0.466 e. The van der Waals surface area contributed by atoms with Gasteiger partial charge >= 0.3 is 5.97 Å². The van der Waals surface area contributed by atoms with Crippen molar-refractivity contribution in [3.63, 3.8) is 0 Å². The second-order valence-corrected chi connectivity index (χ2v) is 10.8. The Labute approximate surface area is 200 Å². The van der Waals surface area contributed by atoms with Crippen LogP contribution in [0.3, 0.4) is 0 Å². The molecule has 0 N–H and O–H groups in total. The summed E-state index contributed by atoms with van der Waals surface area (Å²) in [7, 11) is 0. The molecule has 3 heterocycles. The summed E-state index contributed by atoms with van der Waals surface area (Å²) in [6.07, 6.45) is 4.69. The van der Waals surface area contributed by atoms with Gasteiger partial charge in [-0.2, -0.15) is 0 Å². The summed E-state index contributed by atoms with van der Waals surface area (Å²) in [6, 6.07) is 0. The zero-order valence-electron chi connectivity index (χ0n) is 20.4. The van der Waals surface area contributed by atoms with Crippen molar-refractivity contribution in [1.29, 1.82) is 0 Å². The number of amides is 1. The highest BCUT2D eigenvalue weighted by molar-refractivity contribution is 7.19. The third-order valence-corrected chi connectivity index (χ3v) is 7.70. The molecule has 1 aliphatic carbocycles. The van der Waals surface area contributed by atoms with Crippen LogP contribution in [0.2, 0.25) is 0 Å². The Morgan fingerprint density at radius 2 is 1.91 bits per heavy atom. The largest absolute Gasteiger partial charge is 0.466 e. The van der Waals surface area contributed by atoms with Crippen LogP contribution in [0.25, 0.3) is 10.2 Å². The summed E-state index contributed by atoms with van der Waals surface area (Å²) in [5.41, 5.74) is 1.45. The molecule has 8 heteroatoms. The molecule has 2 aromatic heterocycles. The zero-order chi connectivity index (χ0) is 23.5. The van der Waals surface area contributed by atoms with E-state index in [-0.39, 0.29) is 24.7 Å². The third-order valence-electron chi connectivity index (χ3n) is 6.55. The molecule has 33 heavy (non-hydrogen) atoms. The quantitative estimate of drug-likeness (QED) is 0.567. The summed E-state index contributed by atoms with van der Waals surface area (Å²) in [4.78, 5) is 41.1. The first-order valence-corrected chi connectivity index (χ1v) is 13.2. The molecular weight excluding hydrogens is 436 g/mol. The molecule has 4 rings (SSSR count). The Bertz CT molecular complexity index is 1010. The van der Waals surface area contributed by atoms with Crippen LogP contribution in [-0.4, -0.2) is 59.5 Å². The predicted molar refractivity (Wildman–Crippen MR) is 132 cm³/mol. The van der Waals surface area contributed by atoms with Gasteiger partial charge in [0, 0.05) is 43.9 Å². The maximum atomic E-state index is 12.6. The van der Waals surface area contributed by atoms with E-state index < -0.39 is 0 Å². The van der Waals surface area contributed by atoms with E-state index in [1.165, 1.54) is 22.2 Å². The van der Waals surface area contributed by atoms with Crippen molar-refractivity contribution < 1.29 is 14.3 Å². The van der Waals surface area contributed by atoms with Crippen LogP contribution in [-0.2, 0) is 33.6 Å². The Kier molecular flexibility index (Phi) is 7.51. The lowest BCUT2D eigenvalue weighted by Crippen LogP contribution is -2.49. The lowest BCUT2D eigenvalue weighted by molar-refractivity contribution is -0.145. The van der Waals surface area contributed by atoms with Crippen LogP contribution in [0.15, 0.2) is 0 Å². The van der Waals surface area contributed by atoms with Gasteiger partial charge in [0.05, 0.1) is 18.4 Å². The van der Waals surface area contributed by atoms with Crippen molar-refractivity contribution in [2.45, 2.75) is 66.2 Å². The molecule has 1 saturated heterocycles. The average Bonchev–Trinajstić information content (AvgIpc) is 3.14. The summed E-state index contributed by atoms with van der Waals surface area (Å²) in [6.45, 7) is 11.7. The van der Waals surface area contributed by atoms with Crippen molar-refractivity contribution in [3.05, 3.63) is 16.3 Å². The molecule has 0 spiro atoms. The number of aromatic nitrogens is 2. The molecule has 1 atom stereocenters. The van der Waals surface area contributed by atoms with E-state index in [1.54, 1.807) is 6.92 Å². The predicted octanol–water partition coefficient (Wildman–Crippen LogP) is 4.01. The highest BCUT2D eigenvalue weighted by Crippen LogP contribution is 2.41. The second kappa shape index (κ2) is 10.4. The van der Waals surface area contributed by atoms with Crippen LogP contribution in [0.5, 0.6) is 0 Å². The number of esters is 1. The highest BCUT2D eigenvalue weighted by Gasteiger charge is 2.28. The van der Waals surface area contributed by atoms with Gasteiger partial charge in [-0.15, -0.1) is 11.3 Å². The molecule has 0 saturated carbocycles. The molecule has 1 fully saturated rings. The number of anilines is 1. The number of rotatable bonds is 7. The fourth-order valence-corrected chi connectivity index (χ4v) is 6.22. The van der Waals surface area contributed by atoms with Crippen LogP contribution >= 0.6 is 11.3 Å². The number of piperazine rings is 1. The molecule has 1 aliphatic heterocycles. The normalized spacial score (nSPS) is 18.6. The smallest absolute Gasteiger partial charge is 0.306 e. The summed E-state index contributed by atoms with van der Waals surface area (Å²) < 4.78 is 4.95. The van der Waals surface area contributed by atoms with Crippen LogP contribution in [0.1, 0.15) is 63.2 Å². The topological polar surface area (TPSA) is 75.6 Å². The fourth-order valence-electron chi connectivity index (χ4n) is 4.82. The van der Waals surface area contributed by atoms with Gasteiger partial charge < -0.3 is 14.5 Å². The first kappa shape index (κ1) is 23.9. The minimum absolute atomic E-state index is 0.0259. The van der Waals surface area contributed by atoms with E-state index in [2.05, 4.69) is 25.7 Å². The van der Waals surface area contributed by atoms with Gasteiger partial charge in [0.1, 0.15) is 16.5 Å². The first-order valence-electron chi connectivity index (χ1n) is 12.3. The summed E-state index contributed by atoms with van der Waals surface area (Å²) in [5, 5.41) is 1.25. The van der Waals surface area contributed by atoms with Crippen LogP contribution < -0.4 is 4.90 Å². The third kappa shape index (κ3) is 5.48. The number of carbonyl (C=O) groups is 2. The Hall–Kier alpha value is -2.22. The van der Waals surface area contributed by atoms with Crippen molar-refractivity contribution in [2.75, 3.05) is 37.7 Å². The maximum Gasteiger partial charge on any atom is 0.306 e. The Morgan fingerprint density at radius 1 is 1.15 bits per heavy atom. The van der Waals surface area contributed by atoms with E-state index in [0.717, 1.165) is 54.7 Å². The van der Waals surface area contributed by atoms with Crippen molar-refractivity contribution in [2.24, 2.45) is 11.8 Å². The standard InChI is InChI=1S/C25H36N4O3S/c1-5-32-22(31)9-8-21(30)28-10-12-29(13-11-28)24-23-18-7-6-17(4)15-19(18)33-25(23)27-20(26-24)14-16(2)3/h16-17H,5-15H2,1-4H3. The van der Waals surface area contributed by atoms with Crippen molar-refractivity contribution >= 4 is 39.2 Å². The van der Waals surface area contributed by atoms with Gasteiger partial charge in [-0.1, -0.05) is 20.8 Å². The van der Waals surface area contributed by atoms with E-state index in [4.69, 9.17) is 14.7 Å². The molecule has 2 aromatic rings. The molecule has 0 aromatic carbocycles. The number of hydrogen-bond donors (Lipinski definition) is 0. The van der Waals surface area contributed by atoms with Crippen molar-refractivity contribution in [3.8, 4) is 0 Å². The van der Waals surface area contributed by atoms with E-state index in [9.17, 15) is 9.59 Å². The van der Waals surface area contributed by atoms with Crippen LogP contribution in [0, 0.1) is 11.8 Å². The SMILES string of the molecule is CCOC(=O)CCC(=O)N1CCN(c2nc(CC(C)C)nc3sc4c(c23)CCC(C)C4)CC1. The maximum absolute atomic E-state index is 12.6. The molecule has 2 aliphatic rings. The molecule has 1 amide bonds. The number of aryl methyl sites for hydroxylation is 1. The molecular formula is C25H36N4O3S. The van der Waals surface area contributed by atoms with E-state index in [0.29, 0.717) is 25.6 Å². The molecule has 0 radical (unpaired) electrons. The second-order valence-electron chi connectivity index (χ2n) is 9.77. The number of ether oxygens (including phenoxy) is 1. The summed E-state index contributed by atoms with van der Waals surface area (Å²) in [5.74, 6) is 2.92. The molecule has 0 bridgehead atoms. The van der Waals surface area contributed by atoms with Gasteiger partial charge in [0.15, 0.2) is 0 Å². The van der Waals surface area contributed by atoms with Gasteiger partial charge in [-0.3, -0.25) is 9.59 Å². The minimum atomic E-state index is -0.304. The number of carbonyl (C=O) groups excluding carboxylic acids is 2. The van der Waals surface area contributed by atoms with E-state index >= 15 is 0 Å². The van der Waals surface area contributed by atoms with Crippen molar-refractivity contribution in [1.82, 2.24) is 14.9 Å². The Balaban J connectivity index is 1.53. The monoisotopic (exact) mass is 472 g/mol. The Morgan fingerprint density at radius 3 is 2.61 bits per heavy atom. The lowest BCUT2D eigenvalue weighted by Gasteiger charge is -2.36. The number of hydrogen-bond acceptors (Lipinski definition) is 7. The highest BCUT2D eigenvalue weighted by atomic mass is 32.1. The molecule has 1 unspecified atom stereocenters. The first-order chi connectivity index (χ1) is 15.9.